The smallest absolute Gasteiger partial charge is 0.408 e. The lowest BCUT2D eigenvalue weighted by Gasteiger charge is -2.35. The molecular weight excluding hydrogens is 522 g/mol. The van der Waals surface area contributed by atoms with E-state index in [1.54, 1.807) is 13.8 Å². The Morgan fingerprint density at radius 3 is 2.49 bits per heavy atom. The topological polar surface area (TPSA) is 112 Å². The molecule has 2 aromatic rings. The van der Waals surface area contributed by atoms with Crippen molar-refractivity contribution in [3.05, 3.63) is 77.1 Å². The summed E-state index contributed by atoms with van der Waals surface area (Å²) < 4.78 is 5.27. The van der Waals surface area contributed by atoms with Crippen molar-refractivity contribution in [3.63, 3.8) is 0 Å². The van der Waals surface area contributed by atoms with Crippen molar-refractivity contribution in [2.45, 2.75) is 70.8 Å². The molecule has 0 aromatic heterocycles. The Kier molecular flexibility index (Phi) is 8.96. The Labute approximate surface area is 240 Å². The molecule has 10 heteroatoms. The van der Waals surface area contributed by atoms with E-state index in [4.69, 9.17) is 11.3 Å². The molecule has 4 amide bonds. The lowest BCUT2D eigenvalue weighted by molar-refractivity contribution is -0.147. The van der Waals surface area contributed by atoms with Crippen LogP contribution in [-0.2, 0) is 31.1 Å². The van der Waals surface area contributed by atoms with Crippen LogP contribution in [0.5, 0.6) is 0 Å². The number of nitrogens with one attached hydrogen (secondary N) is 2. The zero-order chi connectivity index (χ0) is 29.7. The number of likely N-dealkylation sites (tertiary alicyclic amines) is 1. The number of fused-ring (bicyclic) bond motifs is 2. The fraction of sp³-hybridized carbons (Fsp3) is 0.452. The van der Waals surface area contributed by atoms with Gasteiger partial charge in [-0.1, -0.05) is 62.4 Å². The highest BCUT2D eigenvalue weighted by Crippen LogP contribution is 2.47. The molecule has 0 bridgehead atoms. The minimum atomic E-state index is -1.01. The van der Waals surface area contributed by atoms with Gasteiger partial charge in [0.25, 0.3) is 5.91 Å². The molecule has 41 heavy (non-hydrogen) atoms. The SMILES string of the molecule is [C-]#[N+][C@@H]1C[C@@]2(CN1C(=O)[C@H](CC(C)C)N(CC)C(=O)[C@H](C)NC(=O)OCc1ccccc1)C(=O)Nc1ccccc12. The van der Waals surface area contributed by atoms with Crippen LogP contribution in [0.3, 0.4) is 0 Å². The van der Waals surface area contributed by atoms with Gasteiger partial charge in [0, 0.05) is 18.8 Å². The number of nitrogens with zero attached hydrogens (tertiary/aromatic N) is 3. The van der Waals surface area contributed by atoms with Crippen LogP contribution in [0.25, 0.3) is 4.85 Å². The fourth-order valence-electron chi connectivity index (χ4n) is 5.74. The first-order valence-electron chi connectivity index (χ1n) is 14.0. The molecule has 4 rings (SSSR count). The molecule has 10 nitrogen and oxygen atoms in total. The first kappa shape index (κ1) is 29.6. The molecule has 0 unspecified atom stereocenters. The number of rotatable bonds is 9. The second kappa shape index (κ2) is 12.4. The van der Waals surface area contributed by atoms with E-state index in [2.05, 4.69) is 15.5 Å². The zero-order valence-electron chi connectivity index (χ0n) is 23.9. The first-order chi connectivity index (χ1) is 19.6. The van der Waals surface area contributed by atoms with Gasteiger partial charge in [0.05, 0.1) is 6.42 Å². The lowest BCUT2D eigenvalue weighted by atomic mass is 9.80. The van der Waals surface area contributed by atoms with Gasteiger partial charge < -0.3 is 20.3 Å². The number of carbonyl (C=O) groups is 4. The zero-order valence-corrected chi connectivity index (χ0v) is 23.9. The minimum absolute atomic E-state index is 0.0572. The van der Waals surface area contributed by atoms with Crippen molar-refractivity contribution in [1.29, 1.82) is 0 Å². The second-order valence-electron chi connectivity index (χ2n) is 11.1. The Balaban J connectivity index is 1.51. The van der Waals surface area contributed by atoms with Crippen molar-refractivity contribution >= 4 is 29.5 Å². The summed E-state index contributed by atoms with van der Waals surface area (Å²) in [5, 5.41) is 5.48. The maximum absolute atomic E-state index is 14.2. The van der Waals surface area contributed by atoms with E-state index >= 15 is 0 Å². The largest absolute Gasteiger partial charge is 0.445 e. The number of benzene rings is 2. The standard InChI is InChI=1S/C31H37N5O5/c1-6-35(27(37)21(4)33-30(40)41-18-22-12-8-7-9-13-22)25(16-20(2)3)28(38)36-19-31(17-26(36)32-5)23-14-10-11-15-24(23)34-29(31)39/h7-15,20-21,25-26H,6,16-19H2,1-4H3,(H,33,40)(H,34,39)/t21-,25-,26-,31-/m0/s1. The number of hydrogen-bond acceptors (Lipinski definition) is 5. The number of ether oxygens (including phenoxy) is 1. The fourth-order valence-corrected chi connectivity index (χ4v) is 5.74. The molecule has 4 atom stereocenters. The van der Waals surface area contributed by atoms with E-state index in [-0.39, 0.29) is 43.8 Å². The molecule has 2 aliphatic heterocycles. The molecule has 2 aromatic carbocycles. The molecule has 1 spiro atoms. The Hall–Kier alpha value is -4.39. The highest BCUT2D eigenvalue weighted by atomic mass is 16.5. The molecule has 0 saturated carbocycles. The minimum Gasteiger partial charge on any atom is -0.445 e. The number of likely N-dealkylation sites (N-methyl/N-ethyl adjacent to an activating group) is 1. The normalized spacial score (nSPS) is 20.6. The number of carbonyl (C=O) groups excluding carboxylic acids is 4. The molecular formula is C31H37N5O5. The second-order valence-corrected chi connectivity index (χ2v) is 11.1. The van der Waals surface area contributed by atoms with Gasteiger partial charge in [-0.15, -0.1) is 0 Å². The molecule has 2 heterocycles. The van der Waals surface area contributed by atoms with Crippen molar-refractivity contribution < 1.29 is 23.9 Å². The third-order valence-electron chi connectivity index (χ3n) is 7.79. The summed E-state index contributed by atoms with van der Waals surface area (Å²) in [6, 6.07) is 14.7. The van der Waals surface area contributed by atoms with Crippen LogP contribution in [0.1, 0.15) is 51.7 Å². The van der Waals surface area contributed by atoms with E-state index in [1.807, 2.05) is 68.4 Å². The van der Waals surface area contributed by atoms with Gasteiger partial charge in [-0.2, -0.15) is 0 Å². The van der Waals surface area contributed by atoms with Gasteiger partial charge in [0.2, 0.25) is 11.8 Å². The van der Waals surface area contributed by atoms with Crippen LogP contribution in [0.4, 0.5) is 10.5 Å². The first-order valence-corrected chi connectivity index (χ1v) is 14.0. The van der Waals surface area contributed by atoms with E-state index in [0.717, 1.165) is 11.1 Å². The third-order valence-corrected chi connectivity index (χ3v) is 7.79. The van der Waals surface area contributed by atoms with E-state index in [1.165, 1.54) is 9.80 Å². The molecule has 1 saturated heterocycles. The molecule has 1 fully saturated rings. The Morgan fingerprint density at radius 1 is 1.15 bits per heavy atom. The van der Waals surface area contributed by atoms with Gasteiger partial charge in [-0.25, -0.2) is 11.4 Å². The predicted molar refractivity (Wildman–Crippen MR) is 153 cm³/mol. The van der Waals surface area contributed by atoms with Crippen LogP contribution in [0.2, 0.25) is 0 Å². The monoisotopic (exact) mass is 559 g/mol. The van der Waals surface area contributed by atoms with Crippen LogP contribution in [0.15, 0.2) is 54.6 Å². The number of hydrogen-bond donors (Lipinski definition) is 2. The van der Waals surface area contributed by atoms with Gasteiger partial charge in [0.15, 0.2) is 0 Å². The Morgan fingerprint density at radius 2 is 1.83 bits per heavy atom. The predicted octanol–water partition coefficient (Wildman–Crippen LogP) is 3.93. The summed E-state index contributed by atoms with van der Waals surface area (Å²) in [7, 11) is 0. The number of anilines is 1. The van der Waals surface area contributed by atoms with E-state index in [0.29, 0.717) is 12.1 Å². The van der Waals surface area contributed by atoms with Crippen LogP contribution in [0, 0.1) is 12.5 Å². The molecule has 2 N–H and O–H groups in total. The van der Waals surface area contributed by atoms with Gasteiger partial charge in [-0.3, -0.25) is 24.1 Å². The molecule has 0 radical (unpaired) electrons. The van der Waals surface area contributed by atoms with Crippen molar-refractivity contribution in [2.24, 2.45) is 5.92 Å². The summed E-state index contributed by atoms with van der Waals surface area (Å²) in [6.07, 6.45) is -1.03. The van der Waals surface area contributed by atoms with Gasteiger partial charge in [-0.05, 0) is 43.4 Å². The van der Waals surface area contributed by atoms with E-state index < -0.39 is 35.7 Å². The number of para-hydroxylation sites is 1. The average Bonchev–Trinajstić information content (AvgIpc) is 3.49. The van der Waals surface area contributed by atoms with E-state index in [9.17, 15) is 19.2 Å². The maximum Gasteiger partial charge on any atom is 0.408 e. The van der Waals surface area contributed by atoms with Crippen molar-refractivity contribution in [3.8, 4) is 0 Å². The highest BCUT2D eigenvalue weighted by Gasteiger charge is 2.59. The van der Waals surface area contributed by atoms with Crippen LogP contribution >= 0.6 is 0 Å². The molecule has 216 valence electrons. The average molecular weight is 560 g/mol. The molecule has 0 aliphatic carbocycles. The highest BCUT2D eigenvalue weighted by molar-refractivity contribution is 6.07. The number of alkyl carbamates (subject to hydrolysis) is 1. The number of amides is 4. The van der Waals surface area contributed by atoms with Gasteiger partial charge in [0.1, 0.15) is 24.1 Å². The maximum atomic E-state index is 14.2. The van der Waals surface area contributed by atoms with Crippen LogP contribution in [-0.4, -0.2) is 65.0 Å². The summed E-state index contributed by atoms with van der Waals surface area (Å²) in [6.45, 7) is 15.4. The summed E-state index contributed by atoms with van der Waals surface area (Å²) >= 11 is 0. The quantitative estimate of drug-likeness (QED) is 0.452. The van der Waals surface area contributed by atoms with Gasteiger partial charge >= 0.3 is 12.3 Å². The van der Waals surface area contributed by atoms with Crippen molar-refractivity contribution in [2.75, 3.05) is 18.4 Å². The Bertz CT molecular complexity index is 1340. The van der Waals surface area contributed by atoms with Crippen molar-refractivity contribution in [1.82, 2.24) is 15.1 Å². The third kappa shape index (κ3) is 6.04. The molecule has 2 aliphatic rings. The summed E-state index contributed by atoms with van der Waals surface area (Å²) in [4.78, 5) is 60.0. The van der Waals surface area contributed by atoms with Crippen LogP contribution < -0.4 is 10.6 Å². The summed E-state index contributed by atoms with van der Waals surface area (Å²) in [5.74, 6) is -0.968. The summed E-state index contributed by atoms with van der Waals surface area (Å²) in [5.41, 5.74) is 1.28. The lowest BCUT2D eigenvalue weighted by Crippen LogP contribution is -2.56.